The summed E-state index contributed by atoms with van der Waals surface area (Å²) in [6, 6.07) is 3.87. The molecule has 7 heteroatoms. The highest BCUT2D eigenvalue weighted by atomic mass is 32.2. The van der Waals surface area contributed by atoms with Crippen molar-refractivity contribution in [2.24, 2.45) is 5.73 Å². The first-order valence-electron chi connectivity index (χ1n) is 8.03. The number of fused-ring (bicyclic) bond motifs is 1. The number of esters is 1. The van der Waals surface area contributed by atoms with Crippen molar-refractivity contribution in [3.05, 3.63) is 57.2 Å². The molecule has 2 N–H and O–H groups in total. The SMILES string of the molecule is C=C(SC1=C(N)c2sc(C(=O)OCC)nc2CCC1)c1cccnc1. The molecule has 0 aliphatic heterocycles. The molecule has 3 rings (SSSR count). The van der Waals surface area contributed by atoms with Gasteiger partial charge in [-0.25, -0.2) is 9.78 Å². The van der Waals surface area contributed by atoms with Crippen LogP contribution in [0.15, 0.2) is 36.0 Å². The van der Waals surface area contributed by atoms with Crippen molar-refractivity contribution in [3.63, 3.8) is 0 Å². The summed E-state index contributed by atoms with van der Waals surface area (Å²) in [5.74, 6) is -0.387. The van der Waals surface area contributed by atoms with Gasteiger partial charge in [0.1, 0.15) is 0 Å². The molecule has 0 atom stereocenters. The van der Waals surface area contributed by atoms with Crippen LogP contribution in [0.2, 0.25) is 0 Å². The molecule has 0 saturated heterocycles. The van der Waals surface area contributed by atoms with E-state index in [0.717, 1.165) is 45.2 Å². The van der Waals surface area contributed by atoms with E-state index in [4.69, 9.17) is 10.5 Å². The lowest BCUT2D eigenvalue weighted by molar-refractivity contribution is 0.0525. The molecule has 2 heterocycles. The number of hydrogen-bond donors (Lipinski definition) is 1. The maximum Gasteiger partial charge on any atom is 0.367 e. The second kappa shape index (κ2) is 7.84. The number of aromatic nitrogens is 2. The topological polar surface area (TPSA) is 78.1 Å². The number of carbonyl (C=O) groups is 1. The number of rotatable bonds is 5. The van der Waals surface area contributed by atoms with Gasteiger partial charge in [-0.1, -0.05) is 24.4 Å². The maximum atomic E-state index is 11.9. The van der Waals surface area contributed by atoms with Gasteiger partial charge >= 0.3 is 5.97 Å². The molecule has 0 radical (unpaired) electrons. The zero-order valence-corrected chi connectivity index (χ0v) is 15.6. The van der Waals surface area contributed by atoms with E-state index in [-0.39, 0.29) is 5.97 Å². The lowest BCUT2D eigenvalue weighted by Crippen LogP contribution is -2.04. The molecule has 0 saturated carbocycles. The molecule has 0 fully saturated rings. The van der Waals surface area contributed by atoms with Crippen LogP contribution >= 0.6 is 23.1 Å². The van der Waals surface area contributed by atoms with E-state index in [2.05, 4.69) is 16.5 Å². The maximum absolute atomic E-state index is 11.9. The Morgan fingerprint density at radius 2 is 2.32 bits per heavy atom. The standard InChI is InChI=1S/C18H19N3O2S2/c1-3-23-18(22)17-21-13-7-4-8-14(15(19)16(13)25-17)24-11(2)12-6-5-9-20-10-12/h5-6,9-10H,2-4,7-8,19H2,1H3. The third-order valence-electron chi connectivity index (χ3n) is 3.74. The number of hydrogen-bond acceptors (Lipinski definition) is 7. The molecule has 130 valence electrons. The minimum atomic E-state index is -0.387. The first-order valence-corrected chi connectivity index (χ1v) is 9.66. The van der Waals surface area contributed by atoms with Crippen molar-refractivity contribution in [1.82, 2.24) is 9.97 Å². The van der Waals surface area contributed by atoms with Gasteiger partial charge < -0.3 is 10.5 Å². The molecule has 0 aromatic carbocycles. The van der Waals surface area contributed by atoms with Crippen LogP contribution in [0.4, 0.5) is 0 Å². The van der Waals surface area contributed by atoms with Gasteiger partial charge in [0.25, 0.3) is 0 Å². The smallest absolute Gasteiger partial charge is 0.367 e. The summed E-state index contributed by atoms with van der Waals surface area (Å²) in [6.07, 6.45) is 6.13. The number of ether oxygens (including phenoxy) is 1. The van der Waals surface area contributed by atoms with Crippen molar-refractivity contribution < 1.29 is 9.53 Å². The van der Waals surface area contributed by atoms with Crippen molar-refractivity contribution in [2.45, 2.75) is 26.2 Å². The molecular weight excluding hydrogens is 354 g/mol. The average molecular weight is 374 g/mol. The van der Waals surface area contributed by atoms with Crippen LogP contribution in [-0.2, 0) is 11.2 Å². The highest BCUT2D eigenvalue weighted by Crippen LogP contribution is 2.41. The molecule has 2 aromatic rings. The van der Waals surface area contributed by atoms with Gasteiger partial charge in [-0.15, -0.1) is 11.3 Å². The van der Waals surface area contributed by atoms with E-state index < -0.39 is 0 Å². The second-order valence-electron chi connectivity index (χ2n) is 5.47. The van der Waals surface area contributed by atoms with Crippen LogP contribution in [0.25, 0.3) is 10.6 Å². The molecular formula is C18H19N3O2S2. The lowest BCUT2D eigenvalue weighted by atomic mass is 10.2. The molecule has 5 nitrogen and oxygen atoms in total. The Morgan fingerprint density at radius 3 is 3.04 bits per heavy atom. The van der Waals surface area contributed by atoms with Gasteiger partial charge in [0.05, 0.1) is 22.9 Å². The van der Waals surface area contributed by atoms with Crippen LogP contribution in [0, 0.1) is 0 Å². The number of thiazole rings is 1. The molecule has 0 spiro atoms. The number of allylic oxidation sites excluding steroid dienone is 1. The van der Waals surface area contributed by atoms with Gasteiger partial charge in [-0.2, -0.15) is 0 Å². The number of nitrogens with two attached hydrogens (primary N) is 1. The van der Waals surface area contributed by atoms with Gasteiger partial charge in [0.15, 0.2) is 0 Å². The van der Waals surface area contributed by atoms with Crippen molar-refractivity contribution in [1.29, 1.82) is 0 Å². The highest BCUT2D eigenvalue weighted by Gasteiger charge is 2.23. The fourth-order valence-corrected chi connectivity index (χ4v) is 4.58. The van der Waals surface area contributed by atoms with Gasteiger partial charge in [0.2, 0.25) is 5.01 Å². The average Bonchev–Trinajstić information content (AvgIpc) is 2.99. The third kappa shape index (κ3) is 3.93. The number of thioether (sulfide) groups is 1. The first kappa shape index (κ1) is 17.7. The Hall–Kier alpha value is -2.12. The van der Waals surface area contributed by atoms with Crippen molar-refractivity contribution in [3.8, 4) is 0 Å². The Bertz CT molecular complexity index is 828. The Morgan fingerprint density at radius 1 is 1.48 bits per heavy atom. The fourth-order valence-electron chi connectivity index (χ4n) is 2.53. The summed E-state index contributed by atoms with van der Waals surface area (Å²) in [4.78, 5) is 23.4. The van der Waals surface area contributed by atoms with Crippen molar-refractivity contribution in [2.75, 3.05) is 6.61 Å². The monoisotopic (exact) mass is 373 g/mol. The van der Waals surface area contributed by atoms with Gasteiger partial charge in [-0.3, -0.25) is 4.98 Å². The molecule has 1 aliphatic carbocycles. The van der Waals surface area contributed by atoms with Gasteiger partial charge in [-0.05, 0) is 32.3 Å². The summed E-state index contributed by atoms with van der Waals surface area (Å²) < 4.78 is 5.05. The Labute approximate surface area is 155 Å². The minimum absolute atomic E-state index is 0.334. The lowest BCUT2D eigenvalue weighted by Gasteiger charge is -2.10. The summed E-state index contributed by atoms with van der Waals surface area (Å²) in [7, 11) is 0. The van der Waals surface area contributed by atoms with E-state index in [1.54, 1.807) is 31.1 Å². The molecule has 0 amide bonds. The zero-order chi connectivity index (χ0) is 17.8. The van der Waals surface area contributed by atoms with Crippen LogP contribution in [-0.4, -0.2) is 22.5 Å². The van der Waals surface area contributed by atoms with Crippen LogP contribution in [0.1, 0.15) is 45.7 Å². The Balaban J connectivity index is 1.88. The fraction of sp³-hybridized carbons (Fsp3) is 0.278. The second-order valence-corrected chi connectivity index (χ2v) is 7.66. The van der Waals surface area contributed by atoms with Crippen LogP contribution in [0.5, 0.6) is 0 Å². The first-order chi connectivity index (χ1) is 12.1. The van der Waals surface area contributed by atoms with E-state index in [1.807, 2.05) is 12.1 Å². The summed E-state index contributed by atoms with van der Waals surface area (Å²) >= 11 is 2.88. The largest absolute Gasteiger partial charge is 0.461 e. The highest BCUT2D eigenvalue weighted by molar-refractivity contribution is 8.11. The summed E-state index contributed by atoms with van der Waals surface area (Å²) in [5, 5.41) is 0.368. The predicted molar refractivity (Wildman–Crippen MR) is 103 cm³/mol. The summed E-state index contributed by atoms with van der Waals surface area (Å²) in [5.41, 5.74) is 8.98. The molecule has 2 aromatic heterocycles. The third-order valence-corrected chi connectivity index (χ3v) is 6.00. The zero-order valence-electron chi connectivity index (χ0n) is 13.9. The van der Waals surface area contributed by atoms with Crippen molar-refractivity contribution >= 4 is 39.7 Å². The molecule has 25 heavy (non-hydrogen) atoms. The normalized spacial score (nSPS) is 14.0. The molecule has 0 bridgehead atoms. The number of nitrogens with zero attached hydrogens (tertiary/aromatic N) is 2. The van der Waals surface area contributed by atoms with Crippen LogP contribution < -0.4 is 5.73 Å². The number of pyridine rings is 1. The number of aryl methyl sites for hydroxylation is 1. The molecule has 1 aliphatic rings. The minimum Gasteiger partial charge on any atom is -0.461 e. The van der Waals surface area contributed by atoms with E-state index in [1.165, 1.54) is 11.3 Å². The van der Waals surface area contributed by atoms with E-state index >= 15 is 0 Å². The Kier molecular flexibility index (Phi) is 5.55. The predicted octanol–water partition coefficient (Wildman–Crippen LogP) is 4.08. The van der Waals surface area contributed by atoms with E-state index in [9.17, 15) is 4.79 Å². The van der Waals surface area contributed by atoms with E-state index in [0.29, 0.717) is 17.3 Å². The van der Waals surface area contributed by atoms with Crippen LogP contribution in [0.3, 0.4) is 0 Å². The van der Waals surface area contributed by atoms with Gasteiger partial charge in [0, 0.05) is 27.8 Å². The number of carbonyl (C=O) groups excluding carboxylic acids is 1. The quantitative estimate of drug-likeness (QED) is 0.796. The summed E-state index contributed by atoms with van der Waals surface area (Å²) in [6.45, 7) is 6.26. The molecule has 0 unspecified atom stereocenters.